The molecule has 0 aliphatic carbocycles. The van der Waals surface area contributed by atoms with Crippen LogP contribution >= 0.6 is 0 Å². The molecule has 0 bridgehead atoms. The SMILES string of the molecule is CCOC(=O)C1=C[C@@]2(C)C(=O)O[C@H](C(C)C)[C@H](c3ccccc3)N2C1. The molecular formula is C20H25NO4. The number of ether oxygens (including phenoxy) is 2. The zero-order chi connectivity index (χ0) is 18.2. The first-order valence-corrected chi connectivity index (χ1v) is 8.80. The zero-order valence-corrected chi connectivity index (χ0v) is 15.2. The molecule has 1 aromatic carbocycles. The van der Waals surface area contributed by atoms with Crippen molar-refractivity contribution in [3.8, 4) is 0 Å². The summed E-state index contributed by atoms with van der Waals surface area (Å²) in [5.74, 6) is -0.512. The molecule has 3 atom stereocenters. The van der Waals surface area contributed by atoms with E-state index in [9.17, 15) is 9.59 Å². The number of hydrogen-bond donors (Lipinski definition) is 0. The predicted octanol–water partition coefficient (Wildman–Crippen LogP) is 2.87. The fraction of sp³-hybridized carbons (Fsp3) is 0.500. The van der Waals surface area contributed by atoms with Crippen LogP contribution in [0.2, 0.25) is 0 Å². The van der Waals surface area contributed by atoms with Crippen LogP contribution in [0.1, 0.15) is 39.3 Å². The Hall–Kier alpha value is -2.14. The molecule has 1 saturated heterocycles. The van der Waals surface area contributed by atoms with Crippen LogP contribution in [-0.2, 0) is 19.1 Å². The lowest BCUT2D eigenvalue weighted by molar-refractivity contribution is -0.184. The van der Waals surface area contributed by atoms with Crippen LogP contribution in [0.25, 0.3) is 0 Å². The molecule has 2 aliphatic heterocycles. The summed E-state index contributed by atoms with van der Waals surface area (Å²) in [7, 11) is 0. The zero-order valence-electron chi connectivity index (χ0n) is 15.2. The van der Waals surface area contributed by atoms with Crippen molar-refractivity contribution in [2.75, 3.05) is 13.2 Å². The minimum Gasteiger partial charge on any atom is -0.463 e. The van der Waals surface area contributed by atoms with Crippen LogP contribution in [0.5, 0.6) is 0 Å². The van der Waals surface area contributed by atoms with E-state index in [0.29, 0.717) is 18.7 Å². The van der Waals surface area contributed by atoms with Gasteiger partial charge in [0.2, 0.25) is 0 Å². The summed E-state index contributed by atoms with van der Waals surface area (Å²) < 4.78 is 11.0. The molecule has 0 spiro atoms. The van der Waals surface area contributed by atoms with Crippen molar-refractivity contribution in [2.45, 2.75) is 45.4 Å². The van der Waals surface area contributed by atoms with Gasteiger partial charge in [-0.25, -0.2) is 9.59 Å². The highest BCUT2D eigenvalue weighted by Gasteiger charge is 2.55. The smallest absolute Gasteiger partial charge is 0.335 e. The predicted molar refractivity (Wildman–Crippen MR) is 93.7 cm³/mol. The molecular weight excluding hydrogens is 318 g/mol. The summed E-state index contributed by atoms with van der Waals surface area (Å²) >= 11 is 0. The third-order valence-electron chi connectivity index (χ3n) is 5.03. The molecule has 5 nitrogen and oxygen atoms in total. The van der Waals surface area contributed by atoms with E-state index in [1.165, 1.54) is 0 Å². The Kier molecular flexibility index (Phi) is 4.69. The fourth-order valence-electron chi connectivity index (χ4n) is 3.73. The van der Waals surface area contributed by atoms with Crippen molar-refractivity contribution < 1.29 is 19.1 Å². The van der Waals surface area contributed by atoms with Gasteiger partial charge >= 0.3 is 11.9 Å². The van der Waals surface area contributed by atoms with Crippen molar-refractivity contribution in [3.05, 3.63) is 47.5 Å². The third-order valence-corrected chi connectivity index (χ3v) is 5.03. The van der Waals surface area contributed by atoms with Gasteiger partial charge in [-0.2, -0.15) is 0 Å². The van der Waals surface area contributed by atoms with Crippen LogP contribution in [0.3, 0.4) is 0 Å². The molecule has 3 rings (SSSR count). The average molecular weight is 343 g/mol. The molecule has 0 saturated carbocycles. The van der Waals surface area contributed by atoms with E-state index in [0.717, 1.165) is 5.56 Å². The maximum atomic E-state index is 12.8. The van der Waals surface area contributed by atoms with Crippen molar-refractivity contribution in [1.29, 1.82) is 0 Å². The minimum atomic E-state index is -0.950. The summed E-state index contributed by atoms with van der Waals surface area (Å²) in [5.41, 5.74) is 0.652. The van der Waals surface area contributed by atoms with E-state index in [-0.39, 0.29) is 30.0 Å². The third kappa shape index (κ3) is 2.97. The molecule has 0 unspecified atom stereocenters. The van der Waals surface area contributed by atoms with E-state index < -0.39 is 5.54 Å². The Bertz CT molecular complexity index is 697. The minimum absolute atomic E-state index is 0.105. The van der Waals surface area contributed by atoms with E-state index in [1.807, 2.05) is 51.1 Å². The van der Waals surface area contributed by atoms with Gasteiger partial charge in [-0.1, -0.05) is 44.2 Å². The van der Waals surface area contributed by atoms with Gasteiger partial charge in [-0.05, 0) is 31.4 Å². The highest BCUT2D eigenvalue weighted by atomic mass is 16.6. The summed E-state index contributed by atoms with van der Waals surface area (Å²) in [6, 6.07) is 9.91. The molecule has 2 aliphatic rings. The number of hydrogen-bond acceptors (Lipinski definition) is 5. The second-order valence-corrected chi connectivity index (χ2v) is 7.13. The van der Waals surface area contributed by atoms with E-state index in [4.69, 9.17) is 9.47 Å². The molecule has 1 aromatic rings. The number of carbonyl (C=O) groups is 2. The van der Waals surface area contributed by atoms with Crippen LogP contribution < -0.4 is 0 Å². The van der Waals surface area contributed by atoms with Gasteiger partial charge < -0.3 is 9.47 Å². The van der Waals surface area contributed by atoms with Crippen molar-refractivity contribution >= 4 is 11.9 Å². The maximum absolute atomic E-state index is 12.8. The lowest BCUT2D eigenvalue weighted by Crippen LogP contribution is -2.60. The molecule has 134 valence electrons. The van der Waals surface area contributed by atoms with Gasteiger partial charge in [0.1, 0.15) is 11.6 Å². The highest BCUT2D eigenvalue weighted by molar-refractivity contribution is 5.94. The average Bonchev–Trinajstić information content (AvgIpc) is 2.95. The van der Waals surface area contributed by atoms with E-state index >= 15 is 0 Å². The first-order valence-electron chi connectivity index (χ1n) is 8.80. The molecule has 0 N–H and O–H groups in total. The Morgan fingerprint density at radius 1 is 1.36 bits per heavy atom. The quantitative estimate of drug-likeness (QED) is 0.787. The normalized spacial score (nSPS) is 29.2. The second kappa shape index (κ2) is 6.64. The summed E-state index contributed by atoms with van der Waals surface area (Å²) in [5, 5.41) is 0. The Morgan fingerprint density at radius 2 is 2.04 bits per heavy atom. The van der Waals surface area contributed by atoms with Gasteiger partial charge in [-0.3, -0.25) is 4.90 Å². The number of carbonyl (C=O) groups excluding carboxylic acids is 2. The number of cyclic esters (lactones) is 1. The standard InChI is InChI=1S/C20H25NO4/c1-5-24-18(22)15-11-20(4)19(23)25-17(13(2)3)16(21(20)12-15)14-9-7-6-8-10-14/h6-11,13,16-17H,5,12H2,1-4H3/t16-,17+,20-/m0/s1. The lowest BCUT2D eigenvalue weighted by atomic mass is 9.86. The van der Waals surface area contributed by atoms with Gasteiger partial charge in [0.05, 0.1) is 12.6 Å². The number of nitrogens with zero attached hydrogens (tertiary/aromatic N) is 1. The molecule has 0 radical (unpaired) electrons. The van der Waals surface area contributed by atoms with Crippen LogP contribution in [0.4, 0.5) is 0 Å². The van der Waals surface area contributed by atoms with E-state index in [1.54, 1.807) is 13.0 Å². The Labute approximate surface area is 148 Å². The number of rotatable bonds is 4. The molecule has 0 amide bonds. The van der Waals surface area contributed by atoms with Gasteiger partial charge in [0.25, 0.3) is 0 Å². The molecule has 2 heterocycles. The second-order valence-electron chi connectivity index (χ2n) is 7.13. The lowest BCUT2D eigenvalue weighted by Gasteiger charge is -2.48. The van der Waals surface area contributed by atoms with Crippen LogP contribution in [0, 0.1) is 5.92 Å². The number of esters is 2. The topological polar surface area (TPSA) is 55.8 Å². The monoisotopic (exact) mass is 343 g/mol. The molecule has 0 aromatic heterocycles. The van der Waals surface area contributed by atoms with Gasteiger partial charge in [0, 0.05) is 12.1 Å². The Morgan fingerprint density at radius 3 is 2.64 bits per heavy atom. The number of morpholine rings is 1. The van der Waals surface area contributed by atoms with Gasteiger partial charge in [0.15, 0.2) is 0 Å². The highest BCUT2D eigenvalue weighted by Crippen LogP contribution is 2.45. The first-order chi connectivity index (χ1) is 11.9. The molecule has 25 heavy (non-hydrogen) atoms. The van der Waals surface area contributed by atoms with Gasteiger partial charge in [-0.15, -0.1) is 0 Å². The van der Waals surface area contributed by atoms with E-state index in [2.05, 4.69) is 4.90 Å². The summed E-state index contributed by atoms with van der Waals surface area (Å²) in [4.78, 5) is 27.1. The van der Waals surface area contributed by atoms with Crippen LogP contribution in [-0.4, -0.2) is 41.6 Å². The summed E-state index contributed by atoms with van der Waals surface area (Å²) in [6.45, 7) is 8.38. The molecule has 5 heteroatoms. The Balaban J connectivity index is 2.02. The van der Waals surface area contributed by atoms with Crippen molar-refractivity contribution in [2.24, 2.45) is 5.92 Å². The maximum Gasteiger partial charge on any atom is 0.335 e. The first kappa shape index (κ1) is 17.7. The summed E-state index contributed by atoms with van der Waals surface area (Å²) in [6.07, 6.45) is 1.44. The fourth-order valence-corrected chi connectivity index (χ4v) is 3.73. The van der Waals surface area contributed by atoms with Crippen molar-refractivity contribution in [3.63, 3.8) is 0 Å². The van der Waals surface area contributed by atoms with Crippen molar-refractivity contribution in [1.82, 2.24) is 4.90 Å². The molecule has 1 fully saturated rings. The number of fused-ring (bicyclic) bond motifs is 1. The number of benzene rings is 1. The van der Waals surface area contributed by atoms with Crippen LogP contribution in [0.15, 0.2) is 42.0 Å². The largest absolute Gasteiger partial charge is 0.463 e.